The quantitative estimate of drug-likeness (QED) is 0.361. The van der Waals surface area contributed by atoms with Crippen molar-refractivity contribution in [2.24, 2.45) is 0 Å². The molecule has 1 amide bonds. The molecule has 8 nitrogen and oxygen atoms in total. The van der Waals surface area contributed by atoms with Gasteiger partial charge >= 0.3 is 12.1 Å². The Kier molecular flexibility index (Phi) is 10.7. The van der Waals surface area contributed by atoms with Crippen LogP contribution in [0.15, 0.2) is 65.2 Å². The minimum atomic E-state index is -1.04. The van der Waals surface area contributed by atoms with Crippen molar-refractivity contribution >= 4 is 33.7 Å². The van der Waals surface area contributed by atoms with Crippen LogP contribution in [0.25, 0.3) is 0 Å². The predicted molar refractivity (Wildman–Crippen MR) is 123 cm³/mol. The van der Waals surface area contributed by atoms with Gasteiger partial charge in [0.15, 0.2) is 6.10 Å². The van der Waals surface area contributed by atoms with Gasteiger partial charge in [0, 0.05) is 28.9 Å². The van der Waals surface area contributed by atoms with Crippen LogP contribution in [0.3, 0.4) is 0 Å². The number of carbonyl (C=O) groups excluding carboxylic acids is 1. The Balaban J connectivity index is 2.25. The van der Waals surface area contributed by atoms with E-state index in [4.69, 9.17) is 24.4 Å². The third-order valence-electron chi connectivity index (χ3n) is 4.42. The van der Waals surface area contributed by atoms with Crippen LogP contribution in [0, 0.1) is 0 Å². The topological polar surface area (TPSA) is 114 Å². The Hall–Kier alpha value is -2.88. The summed E-state index contributed by atoms with van der Waals surface area (Å²) >= 11 is 3.34. The number of aliphatic carboxylic acids is 1. The van der Waals surface area contributed by atoms with Gasteiger partial charge in [-0.15, -0.1) is 0 Å². The number of carboxylic acid groups (broad SMARTS) is 1. The van der Waals surface area contributed by atoms with Crippen LogP contribution >= 0.6 is 15.9 Å². The molecule has 0 saturated carbocycles. The average molecular weight is 508 g/mol. The standard InChI is InChI=1S/C23H26BrNO7/c1-30-20(8-4-5-9-21(27)28)22(18-6-2-3-7-19(18)31-15-14-26)32-23(29)25-17-12-10-16(24)11-13-17/h2-3,5-7,9-13,20,22,26H,4,8,14-15H2,1H3,(H,25,29)(H,27,28)/b9-5+/t20-,22-/m1/s1. The van der Waals surface area contributed by atoms with Crippen LogP contribution < -0.4 is 10.1 Å². The van der Waals surface area contributed by atoms with Gasteiger partial charge in [0.25, 0.3) is 0 Å². The summed E-state index contributed by atoms with van der Waals surface area (Å²) in [6, 6.07) is 14.0. The van der Waals surface area contributed by atoms with Crippen LogP contribution in [-0.2, 0) is 14.3 Å². The number of para-hydroxylation sites is 1. The maximum absolute atomic E-state index is 12.7. The van der Waals surface area contributed by atoms with Crippen LogP contribution in [0.1, 0.15) is 24.5 Å². The average Bonchev–Trinajstić information content (AvgIpc) is 2.78. The van der Waals surface area contributed by atoms with Gasteiger partial charge in [-0.2, -0.15) is 0 Å². The maximum Gasteiger partial charge on any atom is 0.412 e. The molecule has 0 fully saturated rings. The number of benzene rings is 2. The van der Waals surface area contributed by atoms with Gasteiger partial charge in [-0.05, 0) is 43.2 Å². The van der Waals surface area contributed by atoms with Crippen molar-refractivity contribution in [2.45, 2.75) is 25.0 Å². The molecule has 0 aliphatic heterocycles. The first-order valence-electron chi connectivity index (χ1n) is 9.92. The predicted octanol–water partition coefficient (Wildman–Crippen LogP) is 4.55. The molecule has 0 aliphatic rings. The second-order valence-corrected chi connectivity index (χ2v) is 7.58. The molecule has 0 heterocycles. The Bertz CT molecular complexity index is 901. The van der Waals surface area contributed by atoms with Crippen LogP contribution in [-0.4, -0.2) is 48.7 Å². The molecule has 3 N–H and O–H groups in total. The number of rotatable bonds is 12. The summed E-state index contributed by atoms with van der Waals surface area (Å²) < 4.78 is 17.8. The number of carbonyl (C=O) groups is 2. The lowest BCUT2D eigenvalue weighted by atomic mass is 9.99. The SMILES string of the molecule is CO[C@H](CC/C=C/C(=O)O)[C@H](OC(=O)Nc1ccc(Br)cc1)c1ccccc1OCCO. The minimum absolute atomic E-state index is 0.0772. The third-order valence-corrected chi connectivity index (χ3v) is 4.95. The second kappa shape index (κ2) is 13.5. The second-order valence-electron chi connectivity index (χ2n) is 6.66. The number of anilines is 1. The highest BCUT2D eigenvalue weighted by molar-refractivity contribution is 9.10. The molecule has 0 radical (unpaired) electrons. The van der Waals surface area contributed by atoms with Crippen LogP contribution in [0.5, 0.6) is 5.75 Å². The zero-order valence-electron chi connectivity index (χ0n) is 17.6. The number of amides is 1. The molecule has 2 rings (SSSR count). The largest absolute Gasteiger partial charge is 0.491 e. The summed E-state index contributed by atoms with van der Waals surface area (Å²) in [5.41, 5.74) is 1.13. The number of methoxy groups -OCH3 is 1. The molecular formula is C23H26BrNO7. The Morgan fingerprint density at radius 3 is 2.53 bits per heavy atom. The van der Waals surface area contributed by atoms with E-state index >= 15 is 0 Å². The number of nitrogens with one attached hydrogen (secondary N) is 1. The number of hydrogen-bond acceptors (Lipinski definition) is 6. The summed E-state index contributed by atoms with van der Waals surface area (Å²) in [5, 5.41) is 20.6. The lowest BCUT2D eigenvalue weighted by Gasteiger charge is -2.27. The molecule has 2 atom stereocenters. The van der Waals surface area contributed by atoms with Crippen LogP contribution in [0.4, 0.5) is 10.5 Å². The fraction of sp³-hybridized carbons (Fsp3) is 0.304. The van der Waals surface area contributed by atoms with Crippen molar-refractivity contribution in [3.8, 4) is 5.75 Å². The van der Waals surface area contributed by atoms with Gasteiger partial charge in [-0.3, -0.25) is 5.32 Å². The summed E-state index contributed by atoms with van der Waals surface area (Å²) in [7, 11) is 1.49. The van der Waals surface area contributed by atoms with E-state index in [-0.39, 0.29) is 13.2 Å². The van der Waals surface area contributed by atoms with Crippen molar-refractivity contribution in [1.29, 1.82) is 0 Å². The lowest BCUT2D eigenvalue weighted by Crippen LogP contribution is -2.28. The Morgan fingerprint density at radius 2 is 1.88 bits per heavy atom. The molecule has 0 bridgehead atoms. The minimum Gasteiger partial charge on any atom is -0.491 e. The molecule has 0 spiro atoms. The number of hydrogen-bond donors (Lipinski definition) is 3. The Labute approximate surface area is 194 Å². The van der Waals surface area contributed by atoms with Crippen molar-refractivity contribution in [3.05, 3.63) is 70.7 Å². The summed E-state index contributed by atoms with van der Waals surface area (Å²) in [4.78, 5) is 23.4. The molecular weight excluding hydrogens is 482 g/mol. The number of aliphatic hydroxyl groups is 1. The van der Waals surface area contributed by atoms with Crippen molar-refractivity contribution in [3.63, 3.8) is 0 Å². The lowest BCUT2D eigenvalue weighted by molar-refractivity contribution is -0.131. The van der Waals surface area contributed by atoms with Crippen LogP contribution in [0.2, 0.25) is 0 Å². The molecule has 2 aromatic rings. The van der Waals surface area contributed by atoms with E-state index in [1.807, 2.05) is 0 Å². The van der Waals surface area contributed by atoms with Crippen molar-refractivity contribution < 1.29 is 34.0 Å². The Morgan fingerprint density at radius 1 is 1.16 bits per heavy atom. The van der Waals surface area contributed by atoms with E-state index in [0.29, 0.717) is 29.8 Å². The zero-order chi connectivity index (χ0) is 23.3. The van der Waals surface area contributed by atoms with Gasteiger partial charge in [-0.1, -0.05) is 40.2 Å². The first kappa shape index (κ1) is 25.4. The van der Waals surface area contributed by atoms with Gasteiger partial charge in [0.05, 0.1) is 12.7 Å². The molecule has 0 unspecified atom stereocenters. The molecule has 172 valence electrons. The first-order valence-corrected chi connectivity index (χ1v) is 10.7. The van der Waals surface area contributed by atoms with E-state index in [1.165, 1.54) is 13.2 Å². The molecule has 0 aromatic heterocycles. The molecule has 0 saturated heterocycles. The monoisotopic (exact) mass is 507 g/mol. The van der Waals surface area contributed by atoms with Gasteiger partial charge in [0.2, 0.25) is 0 Å². The van der Waals surface area contributed by atoms with E-state index < -0.39 is 24.3 Å². The first-order chi connectivity index (χ1) is 15.4. The smallest absolute Gasteiger partial charge is 0.412 e. The molecule has 0 aliphatic carbocycles. The van der Waals surface area contributed by atoms with E-state index in [1.54, 1.807) is 48.5 Å². The van der Waals surface area contributed by atoms with E-state index in [0.717, 1.165) is 10.5 Å². The number of halogens is 1. The normalized spacial score (nSPS) is 12.8. The van der Waals surface area contributed by atoms with Gasteiger partial charge in [0.1, 0.15) is 12.4 Å². The number of carboxylic acids is 1. The van der Waals surface area contributed by atoms with Gasteiger partial charge < -0.3 is 24.4 Å². The highest BCUT2D eigenvalue weighted by Gasteiger charge is 2.29. The summed E-state index contributed by atoms with van der Waals surface area (Å²) in [6.45, 7) is -0.0918. The number of aliphatic hydroxyl groups excluding tert-OH is 1. The highest BCUT2D eigenvalue weighted by Crippen LogP contribution is 2.33. The fourth-order valence-electron chi connectivity index (χ4n) is 2.98. The highest BCUT2D eigenvalue weighted by atomic mass is 79.9. The third kappa shape index (κ3) is 8.33. The zero-order valence-corrected chi connectivity index (χ0v) is 19.2. The number of allylic oxidation sites excluding steroid dienone is 1. The summed E-state index contributed by atoms with van der Waals surface area (Å²) in [5.74, 6) is -0.588. The summed E-state index contributed by atoms with van der Waals surface area (Å²) in [6.07, 6.45) is 1.26. The molecule has 32 heavy (non-hydrogen) atoms. The van der Waals surface area contributed by atoms with E-state index in [2.05, 4.69) is 21.2 Å². The molecule has 9 heteroatoms. The van der Waals surface area contributed by atoms with Gasteiger partial charge in [-0.25, -0.2) is 9.59 Å². The fourth-order valence-corrected chi connectivity index (χ4v) is 3.24. The van der Waals surface area contributed by atoms with Crippen molar-refractivity contribution in [2.75, 3.05) is 25.6 Å². The van der Waals surface area contributed by atoms with Crippen molar-refractivity contribution in [1.82, 2.24) is 0 Å². The molecule has 2 aromatic carbocycles. The maximum atomic E-state index is 12.7. The van der Waals surface area contributed by atoms with E-state index in [9.17, 15) is 9.59 Å². The number of ether oxygens (including phenoxy) is 3.